The molecule has 200 valence electrons. The Balaban J connectivity index is 1.23. The van der Waals surface area contributed by atoms with Crippen LogP contribution in [0.1, 0.15) is 53.3 Å². The highest BCUT2D eigenvalue weighted by molar-refractivity contribution is 5.99. The summed E-state index contributed by atoms with van der Waals surface area (Å²) in [4.78, 5) is 36.0. The second kappa shape index (κ2) is 12.4. The largest absolute Gasteiger partial charge is 0.494 e. The molecule has 1 aliphatic rings. The number of aliphatic carboxylic acids is 1. The molecular formula is C29H31FN2O6. The molecule has 0 radical (unpaired) electrons. The lowest BCUT2D eigenvalue weighted by Gasteiger charge is -2.26. The summed E-state index contributed by atoms with van der Waals surface area (Å²) >= 11 is 0. The third-order valence-electron chi connectivity index (χ3n) is 6.59. The molecule has 0 aliphatic heterocycles. The minimum atomic E-state index is -0.796. The molecule has 9 heteroatoms. The van der Waals surface area contributed by atoms with Crippen LogP contribution in [0.3, 0.4) is 0 Å². The highest BCUT2D eigenvalue weighted by Crippen LogP contribution is 2.28. The van der Waals surface area contributed by atoms with Gasteiger partial charge in [-0.05, 0) is 79.8 Å². The number of amides is 2. The molecule has 3 N–H and O–H groups in total. The number of hydrogen-bond donors (Lipinski definition) is 3. The van der Waals surface area contributed by atoms with E-state index in [0.29, 0.717) is 43.6 Å². The maximum absolute atomic E-state index is 14.6. The molecule has 0 heterocycles. The topological polar surface area (TPSA) is 114 Å². The van der Waals surface area contributed by atoms with Gasteiger partial charge < -0.3 is 25.2 Å². The lowest BCUT2D eigenvalue weighted by Crippen LogP contribution is -2.35. The third kappa shape index (κ3) is 6.79. The number of halogens is 1. The summed E-state index contributed by atoms with van der Waals surface area (Å²) < 4.78 is 25.9. The minimum absolute atomic E-state index is 0.125. The van der Waals surface area contributed by atoms with E-state index in [4.69, 9.17) is 14.6 Å². The molecule has 4 rings (SSSR count). The zero-order valence-electron chi connectivity index (χ0n) is 21.2. The van der Waals surface area contributed by atoms with Crippen molar-refractivity contribution in [2.45, 2.75) is 38.7 Å². The van der Waals surface area contributed by atoms with E-state index in [0.717, 1.165) is 22.6 Å². The van der Waals surface area contributed by atoms with E-state index >= 15 is 0 Å². The van der Waals surface area contributed by atoms with E-state index in [-0.39, 0.29) is 36.6 Å². The van der Waals surface area contributed by atoms with E-state index in [9.17, 15) is 18.8 Å². The van der Waals surface area contributed by atoms with Crippen molar-refractivity contribution in [3.8, 4) is 11.5 Å². The molecule has 3 aromatic rings. The van der Waals surface area contributed by atoms with Crippen LogP contribution in [0.25, 0.3) is 10.8 Å². The van der Waals surface area contributed by atoms with Gasteiger partial charge in [0.1, 0.15) is 17.3 Å². The molecule has 0 atom stereocenters. The van der Waals surface area contributed by atoms with Gasteiger partial charge in [-0.3, -0.25) is 14.4 Å². The highest BCUT2D eigenvalue weighted by atomic mass is 19.1. The summed E-state index contributed by atoms with van der Waals surface area (Å²) in [6.07, 6.45) is 2.04. The average molecular weight is 523 g/mol. The molecule has 2 amide bonds. The Kier molecular flexibility index (Phi) is 8.78. The number of carbonyl (C=O) groups is 3. The van der Waals surface area contributed by atoms with Crippen molar-refractivity contribution in [1.82, 2.24) is 10.6 Å². The predicted molar refractivity (Wildman–Crippen MR) is 140 cm³/mol. The van der Waals surface area contributed by atoms with Gasteiger partial charge in [-0.25, -0.2) is 4.39 Å². The second-order valence-electron chi connectivity index (χ2n) is 9.24. The van der Waals surface area contributed by atoms with Gasteiger partial charge in [-0.2, -0.15) is 0 Å². The van der Waals surface area contributed by atoms with E-state index in [1.54, 1.807) is 12.1 Å². The number of carboxylic acids is 1. The number of nitrogens with one attached hydrogen (secondary N) is 2. The highest BCUT2D eigenvalue weighted by Gasteiger charge is 2.27. The molecule has 1 aliphatic carbocycles. The molecule has 1 fully saturated rings. The summed E-state index contributed by atoms with van der Waals surface area (Å²) in [7, 11) is 0. The first-order valence-electron chi connectivity index (χ1n) is 12.8. The molecule has 1 saturated carbocycles. The van der Waals surface area contributed by atoms with E-state index < -0.39 is 17.7 Å². The van der Waals surface area contributed by atoms with Crippen molar-refractivity contribution in [2.24, 2.45) is 5.92 Å². The zero-order valence-corrected chi connectivity index (χ0v) is 21.2. The lowest BCUT2D eigenvalue weighted by atomic mass is 9.87. The van der Waals surface area contributed by atoms with Crippen molar-refractivity contribution in [2.75, 3.05) is 19.7 Å². The first-order valence-corrected chi connectivity index (χ1v) is 12.8. The normalized spacial score (nSPS) is 17.0. The summed E-state index contributed by atoms with van der Waals surface area (Å²) in [6, 6.07) is 15.1. The molecule has 0 saturated heterocycles. The smallest absolute Gasteiger partial charge is 0.306 e. The van der Waals surface area contributed by atoms with Crippen LogP contribution in [0, 0.1) is 11.7 Å². The van der Waals surface area contributed by atoms with Crippen molar-refractivity contribution in [1.29, 1.82) is 0 Å². The Bertz CT molecular complexity index is 1320. The van der Waals surface area contributed by atoms with Crippen LogP contribution in [0.5, 0.6) is 11.5 Å². The number of carboxylic acid groups (broad SMARTS) is 1. The van der Waals surface area contributed by atoms with Gasteiger partial charge >= 0.3 is 5.97 Å². The fourth-order valence-electron chi connectivity index (χ4n) is 4.54. The molecular weight excluding hydrogens is 491 g/mol. The summed E-state index contributed by atoms with van der Waals surface area (Å²) in [5.41, 5.74) is 0.366. The van der Waals surface area contributed by atoms with Crippen molar-refractivity contribution < 1.29 is 33.4 Å². The monoisotopic (exact) mass is 522 g/mol. The first-order chi connectivity index (χ1) is 18.3. The standard InChI is InChI=1S/C29H31FN2O6/c1-2-37-23-10-7-19-15-21(4-3-20(19)16-23)27(33)31-13-14-32-28(34)25-12-11-24(17-26(25)30)38-22-8-5-18(6-9-22)29(35)36/h3-4,7,10-12,15-18,22H,2,5-6,8-9,13-14H2,1H3,(H,31,33)(H,32,34)(H,35,36)/t18-,22+. The molecule has 0 unspecified atom stereocenters. The van der Waals surface area contributed by atoms with E-state index in [1.807, 2.05) is 31.2 Å². The van der Waals surface area contributed by atoms with Gasteiger partial charge in [0.2, 0.25) is 0 Å². The fourth-order valence-corrected chi connectivity index (χ4v) is 4.54. The van der Waals surface area contributed by atoms with E-state index in [1.165, 1.54) is 12.1 Å². The molecule has 0 spiro atoms. The minimum Gasteiger partial charge on any atom is -0.494 e. The third-order valence-corrected chi connectivity index (χ3v) is 6.59. The van der Waals surface area contributed by atoms with Gasteiger partial charge in [0.25, 0.3) is 11.8 Å². The van der Waals surface area contributed by atoms with Gasteiger partial charge in [0.15, 0.2) is 0 Å². The lowest BCUT2D eigenvalue weighted by molar-refractivity contribution is -0.143. The van der Waals surface area contributed by atoms with Crippen LogP contribution < -0.4 is 20.1 Å². The molecule has 3 aromatic carbocycles. The Hall–Kier alpha value is -4.14. The summed E-state index contributed by atoms with van der Waals surface area (Å²) in [6.45, 7) is 2.79. The number of hydrogen-bond acceptors (Lipinski definition) is 5. The Labute approximate surface area is 220 Å². The predicted octanol–water partition coefficient (Wildman–Crippen LogP) is 4.56. The van der Waals surface area contributed by atoms with Crippen LogP contribution in [0.4, 0.5) is 4.39 Å². The number of ether oxygens (including phenoxy) is 2. The molecule has 0 aromatic heterocycles. The van der Waals surface area contributed by atoms with Gasteiger partial charge in [0.05, 0.1) is 24.2 Å². The van der Waals surface area contributed by atoms with Gasteiger partial charge in [0, 0.05) is 24.7 Å². The van der Waals surface area contributed by atoms with Crippen LogP contribution >= 0.6 is 0 Å². The summed E-state index contributed by atoms with van der Waals surface area (Å²) in [5, 5.41) is 16.3. The molecule has 8 nitrogen and oxygen atoms in total. The van der Waals surface area contributed by atoms with Crippen LogP contribution in [-0.2, 0) is 4.79 Å². The maximum Gasteiger partial charge on any atom is 0.306 e. The van der Waals surface area contributed by atoms with Crippen LogP contribution in [0.15, 0.2) is 54.6 Å². The number of rotatable bonds is 10. The number of benzene rings is 3. The Morgan fingerprint density at radius 3 is 2.21 bits per heavy atom. The zero-order chi connectivity index (χ0) is 27.1. The number of fused-ring (bicyclic) bond motifs is 1. The van der Waals surface area contributed by atoms with Crippen LogP contribution in [-0.4, -0.2) is 48.7 Å². The van der Waals surface area contributed by atoms with E-state index in [2.05, 4.69) is 10.6 Å². The van der Waals surface area contributed by atoms with Crippen molar-refractivity contribution in [3.05, 3.63) is 71.5 Å². The van der Waals surface area contributed by atoms with Gasteiger partial charge in [-0.15, -0.1) is 0 Å². The van der Waals surface area contributed by atoms with Crippen molar-refractivity contribution >= 4 is 28.6 Å². The summed E-state index contributed by atoms with van der Waals surface area (Å²) in [5.74, 6) is -1.67. The fraction of sp³-hybridized carbons (Fsp3) is 0.345. The van der Waals surface area contributed by atoms with Gasteiger partial charge in [-0.1, -0.05) is 12.1 Å². The van der Waals surface area contributed by atoms with Crippen LogP contribution in [0.2, 0.25) is 0 Å². The average Bonchev–Trinajstić information content (AvgIpc) is 2.91. The quantitative estimate of drug-likeness (QED) is 0.337. The second-order valence-corrected chi connectivity index (χ2v) is 9.24. The number of carbonyl (C=O) groups excluding carboxylic acids is 2. The molecule has 38 heavy (non-hydrogen) atoms. The Morgan fingerprint density at radius 2 is 1.53 bits per heavy atom. The Morgan fingerprint density at radius 1 is 0.868 bits per heavy atom. The maximum atomic E-state index is 14.6. The van der Waals surface area contributed by atoms with Crippen molar-refractivity contribution in [3.63, 3.8) is 0 Å². The first kappa shape index (κ1) is 26.9. The molecule has 0 bridgehead atoms. The SMILES string of the molecule is CCOc1ccc2cc(C(=O)NCCNC(=O)c3ccc(O[C@H]4CC[C@@H](C(=O)O)CC4)cc3F)ccc2c1.